The molecule has 1 amide bonds. The molecule has 2 aliphatic rings. The fourth-order valence-corrected chi connectivity index (χ4v) is 3.76. The molecule has 25 heavy (non-hydrogen) atoms. The number of hydrogen-bond donors (Lipinski definition) is 1. The molecule has 0 bridgehead atoms. The molecule has 1 saturated heterocycles. The first-order chi connectivity index (χ1) is 12.3. The summed E-state index contributed by atoms with van der Waals surface area (Å²) in [6.45, 7) is 5.75. The molecule has 4 rings (SSSR count). The van der Waals surface area contributed by atoms with Crippen LogP contribution in [0.3, 0.4) is 0 Å². The number of hydrogen-bond acceptors (Lipinski definition) is 3. The lowest BCUT2D eigenvalue weighted by molar-refractivity contribution is 0.0965. The molecular weight excluding hydrogens is 314 g/mol. The van der Waals surface area contributed by atoms with Crippen LogP contribution in [0, 0.1) is 5.92 Å². The summed E-state index contributed by atoms with van der Waals surface area (Å²) in [7, 11) is 0. The summed E-state index contributed by atoms with van der Waals surface area (Å²) in [6.07, 6.45) is 6.68. The minimum atomic E-state index is 0.00861. The molecule has 1 N–H and O–H groups in total. The van der Waals surface area contributed by atoms with E-state index in [-0.39, 0.29) is 5.91 Å². The summed E-state index contributed by atoms with van der Waals surface area (Å²) in [4.78, 5) is 14.3. The topological polar surface area (TPSA) is 46.5 Å². The van der Waals surface area contributed by atoms with Crippen molar-refractivity contribution < 1.29 is 9.53 Å². The fraction of sp³-hybridized carbons (Fsp3) is 0.450. The smallest absolute Gasteiger partial charge is 0.252 e. The maximum Gasteiger partial charge on any atom is 0.252 e. The van der Waals surface area contributed by atoms with Crippen molar-refractivity contribution >= 4 is 5.91 Å². The number of benzene rings is 1. The van der Waals surface area contributed by atoms with E-state index in [9.17, 15) is 4.79 Å². The summed E-state index contributed by atoms with van der Waals surface area (Å²) in [5, 5.41) is 2.85. The third-order valence-corrected chi connectivity index (χ3v) is 5.19. The molecule has 5 heteroatoms. The van der Waals surface area contributed by atoms with Crippen molar-refractivity contribution in [3.05, 3.63) is 53.9 Å². The number of amides is 1. The molecule has 2 aliphatic heterocycles. The quantitative estimate of drug-likeness (QED) is 0.880. The molecule has 1 aromatic carbocycles. The van der Waals surface area contributed by atoms with Gasteiger partial charge in [-0.15, -0.1) is 0 Å². The second-order valence-electron chi connectivity index (χ2n) is 7.04. The Kier molecular flexibility index (Phi) is 4.74. The monoisotopic (exact) mass is 339 g/mol. The maximum absolute atomic E-state index is 11.8. The van der Waals surface area contributed by atoms with Crippen LogP contribution in [0.2, 0.25) is 0 Å². The zero-order valence-electron chi connectivity index (χ0n) is 14.5. The number of carbonyl (C=O) groups is 1. The van der Waals surface area contributed by atoms with Crippen LogP contribution in [0.1, 0.15) is 28.8 Å². The molecule has 3 heterocycles. The first-order valence-electron chi connectivity index (χ1n) is 9.15. The molecule has 5 nitrogen and oxygen atoms in total. The maximum atomic E-state index is 11.8. The molecule has 0 aliphatic carbocycles. The predicted molar refractivity (Wildman–Crippen MR) is 96.7 cm³/mol. The second kappa shape index (κ2) is 7.31. The van der Waals surface area contributed by atoms with Crippen molar-refractivity contribution in [3.8, 4) is 5.75 Å². The summed E-state index contributed by atoms with van der Waals surface area (Å²) >= 11 is 0. The van der Waals surface area contributed by atoms with E-state index in [2.05, 4.69) is 39.3 Å². The number of carbonyl (C=O) groups excluding carboxylic acids is 1. The minimum absolute atomic E-state index is 0.00861. The van der Waals surface area contributed by atoms with E-state index in [4.69, 9.17) is 4.74 Å². The average Bonchev–Trinajstić information content (AvgIpc) is 3.29. The average molecular weight is 339 g/mol. The van der Waals surface area contributed by atoms with Gasteiger partial charge in [0.2, 0.25) is 0 Å². The van der Waals surface area contributed by atoms with Gasteiger partial charge in [-0.1, -0.05) is 6.07 Å². The Morgan fingerprint density at radius 3 is 2.96 bits per heavy atom. The van der Waals surface area contributed by atoms with Crippen LogP contribution in [0.4, 0.5) is 0 Å². The summed E-state index contributed by atoms with van der Waals surface area (Å²) in [5.41, 5.74) is 1.82. The van der Waals surface area contributed by atoms with E-state index in [1.54, 1.807) is 0 Å². The zero-order chi connectivity index (χ0) is 17.1. The Labute approximate surface area is 148 Å². The van der Waals surface area contributed by atoms with Gasteiger partial charge in [-0.05, 0) is 49.2 Å². The van der Waals surface area contributed by atoms with Gasteiger partial charge in [0.25, 0.3) is 5.91 Å². The minimum Gasteiger partial charge on any atom is -0.493 e. The number of rotatable bonds is 6. The van der Waals surface area contributed by atoms with Crippen LogP contribution in [0.5, 0.6) is 5.75 Å². The van der Waals surface area contributed by atoms with Crippen LogP contribution in [0.15, 0.2) is 42.7 Å². The van der Waals surface area contributed by atoms with Gasteiger partial charge in [0, 0.05) is 50.1 Å². The van der Waals surface area contributed by atoms with E-state index in [0.717, 1.165) is 43.1 Å². The van der Waals surface area contributed by atoms with E-state index in [0.29, 0.717) is 12.5 Å². The molecule has 0 radical (unpaired) electrons. The van der Waals surface area contributed by atoms with Crippen molar-refractivity contribution in [2.75, 3.05) is 26.2 Å². The largest absolute Gasteiger partial charge is 0.493 e. The summed E-state index contributed by atoms with van der Waals surface area (Å²) < 4.78 is 8.24. The van der Waals surface area contributed by atoms with Gasteiger partial charge in [-0.3, -0.25) is 4.79 Å². The molecule has 1 unspecified atom stereocenters. The highest BCUT2D eigenvalue weighted by atomic mass is 16.5. The normalized spacial score (nSPS) is 20.3. The number of fused-ring (bicyclic) bond motifs is 1. The fourth-order valence-electron chi connectivity index (χ4n) is 3.76. The van der Waals surface area contributed by atoms with Crippen molar-refractivity contribution in [1.29, 1.82) is 0 Å². The zero-order valence-corrected chi connectivity index (χ0v) is 14.5. The van der Waals surface area contributed by atoms with Gasteiger partial charge >= 0.3 is 0 Å². The molecule has 132 valence electrons. The SMILES string of the molecule is O=C1NCc2ccc(OCC3CCCN(CCn4cccc4)C3)cc21. The number of nitrogens with one attached hydrogen (secondary N) is 1. The number of aromatic nitrogens is 1. The molecule has 0 saturated carbocycles. The Bertz CT molecular complexity index is 727. The number of likely N-dealkylation sites (tertiary alicyclic amines) is 1. The summed E-state index contributed by atoms with van der Waals surface area (Å²) in [5.74, 6) is 1.37. The summed E-state index contributed by atoms with van der Waals surface area (Å²) in [6, 6.07) is 10.00. The van der Waals surface area contributed by atoms with E-state index < -0.39 is 0 Å². The third kappa shape index (κ3) is 3.87. The van der Waals surface area contributed by atoms with Gasteiger partial charge in [0.1, 0.15) is 5.75 Å². The molecular formula is C20H25N3O2. The van der Waals surface area contributed by atoms with E-state index in [1.807, 2.05) is 18.2 Å². The van der Waals surface area contributed by atoms with Gasteiger partial charge in [-0.25, -0.2) is 0 Å². The van der Waals surface area contributed by atoms with Crippen LogP contribution in [-0.4, -0.2) is 41.6 Å². The lowest BCUT2D eigenvalue weighted by Gasteiger charge is -2.32. The molecule has 0 spiro atoms. The van der Waals surface area contributed by atoms with Crippen molar-refractivity contribution in [2.45, 2.75) is 25.9 Å². The highest BCUT2D eigenvalue weighted by Crippen LogP contribution is 2.23. The number of piperidine rings is 1. The van der Waals surface area contributed by atoms with E-state index >= 15 is 0 Å². The highest BCUT2D eigenvalue weighted by Gasteiger charge is 2.22. The van der Waals surface area contributed by atoms with Gasteiger partial charge in [0.15, 0.2) is 0 Å². The standard InChI is InChI=1S/C20H25N3O2/c24-20-19-12-18(6-5-17(19)13-21-20)25-15-16-4-3-9-23(14-16)11-10-22-7-1-2-8-22/h1-2,5-8,12,16H,3-4,9-11,13-15H2,(H,21,24). The lowest BCUT2D eigenvalue weighted by atomic mass is 9.99. The second-order valence-corrected chi connectivity index (χ2v) is 7.04. The Morgan fingerprint density at radius 2 is 2.08 bits per heavy atom. The molecule has 1 aromatic heterocycles. The number of nitrogens with zero attached hydrogens (tertiary/aromatic N) is 2. The van der Waals surface area contributed by atoms with Gasteiger partial charge in [0.05, 0.1) is 6.61 Å². The predicted octanol–water partition coefficient (Wildman–Crippen LogP) is 2.52. The van der Waals surface area contributed by atoms with Crippen LogP contribution in [0.25, 0.3) is 0 Å². The van der Waals surface area contributed by atoms with E-state index in [1.165, 1.54) is 19.4 Å². The van der Waals surface area contributed by atoms with Crippen LogP contribution in [-0.2, 0) is 13.1 Å². The number of ether oxygens (including phenoxy) is 1. The Balaban J connectivity index is 1.28. The Morgan fingerprint density at radius 1 is 1.20 bits per heavy atom. The highest BCUT2D eigenvalue weighted by molar-refractivity contribution is 5.98. The third-order valence-electron chi connectivity index (χ3n) is 5.19. The van der Waals surface area contributed by atoms with Gasteiger partial charge in [-0.2, -0.15) is 0 Å². The Hall–Kier alpha value is -2.27. The molecule has 2 aromatic rings. The molecule has 1 fully saturated rings. The molecule has 1 atom stereocenters. The first kappa shape index (κ1) is 16.2. The van der Waals surface area contributed by atoms with Crippen molar-refractivity contribution in [3.63, 3.8) is 0 Å². The van der Waals surface area contributed by atoms with Crippen molar-refractivity contribution in [1.82, 2.24) is 14.8 Å². The van der Waals surface area contributed by atoms with Crippen LogP contribution >= 0.6 is 0 Å². The first-order valence-corrected chi connectivity index (χ1v) is 9.15. The van der Waals surface area contributed by atoms with Crippen molar-refractivity contribution in [2.24, 2.45) is 5.92 Å². The van der Waals surface area contributed by atoms with Gasteiger partial charge < -0.3 is 19.5 Å². The lowest BCUT2D eigenvalue weighted by Crippen LogP contribution is -2.39. The van der Waals surface area contributed by atoms with Crippen LogP contribution < -0.4 is 10.1 Å².